The van der Waals surface area contributed by atoms with Crippen LogP contribution < -0.4 is 5.32 Å². The number of carbonyl (C=O) groups excluding carboxylic acids is 2. The molecular weight excluding hydrogens is 293 g/mol. The number of halogens is 3. The minimum Gasteiger partial charge on any atom is -0.444 e. The Morgan fingerprint density at radius 1 is 1.29 bits per heavy atom. The fourth-order valence-electron chi connectivity index (χ4n) is 1.85. The van der Waals surface area contributed by atoms with E-state index in [1.807, 2.05) is 0 Å². The zero-order chi connectivity index (χ0) is 16.4. The van der Waals surface area contributed by atoms with Crippen molar-refractivity contribution in [3.8, 4) is 0 Å². The lowest BCUT2D eigenvalue weighted by atomic mass is 10.1. The molecule has 6 nitrogen and oxygen atoms in total. The zero-order valence-electron chi connectivity index (χ0n) is 12.0. The summed E-state index contributed by atoms with van der Waals surface area (Å²) in [6.07, 6.45) is -6.62. The number of amides is 2. The number of nitrogens with one attached hydrogen (secondary N) is 1. The van der Waals surface area contributed by atoms with Crippen LogP contribution in [0.5, 0.6) is 0 Å². The van der Waals surface area contributed by atoms with Gasteiger partial charge in [-0.15, -0.1) is 0 Å². The van der Waals surface area contributed by atoms with Gasteiger partial charge in [0.25, 0.3) is 0 Å². The van der Waals surface area contributed by atoms with Crippen molar-refractivity contribution in [2.75, 3.05) is 19.6 Å². The summed E-state index contributed by atoms with van der Waals surface area (Å²) in [5.74, 6) is -2.73. The van der Waals surface area contributed by atoms with Gasteiger partial charge >= 0.3 is 18.2 Å². The summed E-state index contributed by atoms with van der Waals surface area (Å²) in [6, 6.07) is 0. The molecular formula is C12H19F3N2O4. The average Bonchev–Trinajstić information content (AvgIpc) is 2.64. The van der Waals surface area contributed by atoms with Crippen LogP contribution in [-0.4, -0.2) is 59.5 Å². The first-order valence-corrected chi connectivity index (χ1v) is 6.41. The van der Waals surface area contributed by atoms with Gasteiger partial charge in [0.2, 0.25) is 0 Å². The molecule has 2 amide bonds. The van der Waals surface area contributed by atoms with Crippen molar-refractivity contribution in [3.63, 3.8) is 0 Å². The Hall–Kier alpha value is -1.51. The Labute approximate surface area is 120 Å². The Morgan fingerprint density at radius 3 is 2.33 bits per heavy atom. The third-order valence-electron chi connectivity index (χ3n) is 2.84. The molecule has 0 radical (unpaired) electrons. The van der Waals surface area contributed by atoms with Gasteiger partial charge in [0.15, 0.2) is 0 Å². The summed E-state index contributed by atoms with van der Waals surface area (Å²) in [7, 11) is 0. The van der Waals surface area contributed by atoms with E-state index in [9.17, 15) is 27.9 Å². The first kappa shape index (κ1) is 17.5. The molecule has 0 spiro atoms. The quantitative estimate of drug-likeness (QED) is 0.794. The lowest BCUT2D eigenvalue weighted by molar-refractivity contribution is -0.173. The molecule has 2 N–H and O–H groups in total. The van der Waals surface area contributed by atoms with Gasteiger partial charge in [0.05, 0.1) is 12.6 Å². The molecule has 2 unspecified atom stereocenters. The van der Waals surface area contributed by atoms with Crippen LogP contribution in [-0.2, 0) is 9.53 Å². The molecule has 1 saturated heterocycles. The van der Waals surface area contributed by atoms with E-state index in [0.717, 1.165) is 0 Å². The molecule has 0 bridgehead atoms. The number of alkyl halides is 3. The highest BCUT2D eigenvalue weighted by Crippen LogP contribution is 2.20. The maximum absolute atomic E-state index is 12.1. The molecule has 1 aliphatic heterocycles. The van der Waals surface area contributed by atoms with Crippen LogP contribution in [0.3, 0.4) is 0 Å². The van der Waals surface area contributed by atoms with Gasteiger partial charge in [-0.25, -0.2) is 4.79 Å². The van der Waals surface area contributed by atoms with Gasteiger partial charge in [-0.1, -0.05) is 0 Å². The minimum atomic E-state index is -4.96. The Balaban J connectivity index is 2.50. The number of aliphatic hydroxyl groups is 1. The summed E-state index contributed by atoms with van der Waals surface area (Å²) < 4.78 is 41.3. The highest BCUT2D eigenvalue weighted by atomic mass is 19.4. The number of β-amino-alcohol motifs (C(OH)–C–C–N with tert-alkyl or cyclic N) is 1. The van der Waals surface area contributed by atoms with Crippen molar-refractivity contribution in [2.45, 2.75) is 38.7 Å². The van der Waals surface area contributed by atoms with Crippen LogP contribution in [0.1, 0.15) is 20.8 Å². The smallest absolute Gasteiger partial charge is 0.444 e. The Bertz CT molecular complexity index is 406. The molecule has 2 atom stereocenters. The summed E-state index contributed by atoms with van der Waals surface area (Å²) in [4.78, 5) is 23.7. The van der Waals surface area contributed by atoms with Gasteiger partial charge < -0.3 is 20.1 Å². The van der Waals surface area contributed by atoms with Crippen LogP contribution in [0.4, 0.5) is 18.0 Å². The molecule has 0 aliphatic carbocycles. The van der Waals surface area contributed by atoms with E-state index < -0.39 is 35.8 Å². The Morgan fingerprint density at radius 2 is 1.86 bits per heavy atom. The summed E-state index contributed by atoms with van der Waals surface area (Å²) >= 11 is 0. The number of hydrogen-bond acceptors (Lipinski definition) is 4. The van der Waals surface area contributed by atoms with Gasteiger partial charge in [0, 0.05) is 19.0 Å². The summed E-state index contributed by atoms with van der Waals surface area (Å²) in [5, 5.41) is 11.4. The molecule has 1 rings (SSSR count). The van der Waals surface area contributed by atoms with Crippen molar-refractivity contribution >= 4 is 12.0 Å². The second-order valence-electron chi connectivity index (χ2n) is 5.92. The van der Waals surface area contributed by atoms with Crippen LogP contribution in [0.25, 0.3) is 0 Å². The number of carbonyl (C=O) groups is 2. The predicted molar refractivity (Wildman–Crippen MR) is 66.4 cm³/mol. The Kier molecular flexibility index (Phi) is 5.08. The number of likely N-dealkylation sites (tertiary alicyclic amines) is 1. The monoisotopic (exact) mass is 312 g/mol. The van der Waals surface area contributed by atoms with E-state index in [1.165, 1.54) is 4.90 Å². The molecule has 0 aromatic heterocycles. The number of aliphatic hydroxyl groups excluding tert-OH is 1. The van der Waals surface area contributed by atoms with Crippen molar-refractivity contribution in [2.24, 2.45) is 5.92 Å². The van der Waals surface area contributed by atoms with E-state index in [2.05, 4.69) is 0 Å². The SMILES string of the molecule is CC(C)(C)OC(=O)N1CC(O)C(CNC(=O)C(F)(F)F)C1. The van der Waals surface area contributed by atoms with E-state index in [-0.39, 0.29) is 19.6 Å². The summed E-state index contributed by atoms with van der Waals surface area (Å²) in [5.41, 5.74) is -0.704. The maximum atomic E-state index is 12.1. The number of ether oxygens (including phenoxy) is 1. The molecule has 1 heterocycles. The lowest BCUT2D eigenvalue weighted by Gasteiger charge is -2.24. The van der Waals surface area contributed by atoms with Crippen LogP contribution in [0.15, 0.2) is 0 Å². The third kappa shape index (κ3) is 5.41. The molecule has 9 heteroatoms. The predicted octanol–water partition coefficient (Wildman–Crippen LogP) is 0.893. The van der Waals surface area contributed by atoms with E-state index >= 15 is 0 Å². The average molecular weight is 312 g/mol. The van der Waals surface area contributed by atoms with Crippen molar-refractivity contribution in [1.29, 1.82) is 0 Å². The highest BCUT2D eigenvalue weighted by molar-refractivity contribution is 5.81. The van der Waals surface area contributed by atoms with Crippen molar-refractivity contribution < 1.29 is 32.6 Å². The standard InChI is InChI=1S/C12H19F3N2O4/c1-11(2,3)21-10(20)17-5-7(8(18)6-17)4-16-9(19)12(13,14)15/h7-8,18H,4-6H2,1-3H3,(H,16,19). The van der Waals surface area contributed by atoms with Crippen molar-refractivity contribution in [3.05, 3.63) is 0 Å². The van der Waals surface area contributed by atoms with Crippen LogP contribution in [0, 0.1) is 5.92 Å². The van der Waals surface area contributed by atoms with E-state index in [4.69, 9.17) is 4.74 Å². The normalized spacial score (nSPS) is 23.1. The number of nitrogens with zero attached hydrogens (tertiary/aromatic N) is 1. The molecule has 1 fully saturated rings. The van der Waals surface area contributed by atoms with Gasteiger partial charge in [-0.05, 0) is 20.8 Å². The van der Waals surface area contributed by atoms with Gasteiger partial charge in [-0.3, -0.25) is 4.79 Å². The van der Waals surface area contributed by atoms with E-state index in [0.29, 0.717) is 0 Å². The molecule has 122 valence electrons. The second kappa shape index (κ2) is 6.08. The topological polar surface area (TPSA) is 78.9 Å². The zero-order valence-corrected chi connectivity index (χ0v) is 12.0. The molecule has 21 heavy (non-hydrogen) atoms. The molecule has 0 saturated carbocycles. The fraction of sp³-hybridized carbons (Fsp3) is 0.833. The number of hydrogen-bond donors (Lipinski definition) is 2. The lowest BCUT2D eigenvalue weighted by Crippen LogP contribution is -2.41. The van der Waals surface area contributed by atoms with Crippen LogP contribution in [0.2, 0.25) is 0 Å². The highest BCUT2D eigenvalue weighted by Gasteiger charge is 2.41. The fourth-order valence-corrected chi connectivity index (χ4v) is 1.85. The molecule has 0 aromatic carbocycles. The first-order valence-electron chi connectivity index (χ1n) is 6.41. The second-order valence-corrected chi connectivity index (χ2v) is 5.92. The molecule has 1 aliphatic rings. The van der Waals surface area contributed by atoms with Crippen molar-refractivity contribution in [1.82, 2.24) is 10.2 Å². The maximum Gasteiger partial charge on any atom is 0.471 e. The minimum absolute atomic E-state index is 0.0220. The van der Waals surface area contributed by atoms with Gasteiger partial charge in [-0.2, -0.15) is 13.2 Å². The van der Waals surface area contributed by atoms with Crippen LogP contribution >= 0.6 is 0 Å². The third-order valence-corrected chi connectivity index (χ3v) is 2.84. The summed E-state index contributed by atoms with van der Waals surface area (Å²) in [6.45, 7) is 4.66. The molecule has 0 aromatic rings. The number of rotatable bonds is 2. The van der Waals surface area contributed by atoms with Gasteiger partial charge in [0.1, 0.15) is 5.60 Å². The van der Waals surface area contributed by atoms with E-state index in [1.54, 1.807) is 26.1 Å². The largest absolute Gasteiger partial charge is 0.471 e. The first-order chi connectivity index (χ1) is 9.40.